The van der Waals surface area contributed by atoms with Crippen LogP contribution < -0.4 is 5.32 Å². The molecule has 0 aromatic rings. The van der Waals surface area contributed by atoms with E-state index in [2.05, 4.69) is 46.9 Å². The Labute approximate surface area is 401 Å². The summed E-state index contributed by atoms with van der Waals surface area (Å²) in [5.41, 5.74) is -3.52. The average molecular weight is 962 g/mol. The third-order valence-corrected chi connectivity index (χ3v) is 20.3. The van der Waals surface area contributed by atoms with Gasteiger partial charge in [0.05, 0.1) is 19.8 Å². The van der Waals surface area contributed by atoms with Crippen LogP contribution in [0, 0.1) is 71.0 Å². The van der Waals surface area contributed by atoms with E-state index in [-0.39, 0.29) is 79.0 Å². The van der Waals surface area contributed by atoms with Crippen molar-refractivity contribution in [3.63, 3.8) is 0 Å². The zero-order chi connectivity index (χ0) is 47.4. The summed E-state index contributed by atoms with van der Waals surface area (Å²) in [4.78, 5) is 51.3. The van der Waals surface area contributed by atoms with Gasteiger partial charge in [-0.25, -0.2) is 29.3 Å². The van der Waals surface area contributed by atoms with Gasteiger partial charge in [-0.15, -0.1) is 0 Å². The summed E-state index contributed by atoms with van der Waals surface area (Å²) in [5, 5.41) is 3.29. The van der Waals surface area contributed by atoms with Crippen LogP contribution in [-0.4, -0.2) is 103 Å². The molecule has 1 N–H and O–H groups in total. The molecule has 6 bridgehead atoms. The first-order chi connectivity index (χ1) is 32.4. The first-order valence-electron chi connectivity index (χ1n) is 26.6. The van der Waals surface area contributed by atoms with E-state index in [4.69, 9.17) is 72.0 Å². The zero-order valence-corrected chi connectivity index (χ0v) is 42.0. The summed E-state index contributed by atoms with van der Waals surface area (Å²) in [6.45, 7) is 20.6. The van der Waals surface area contributed by atoms with Crippen molar-refractivity contribution in [2.45, 2.75) is 224 Å². The van der Waals surface area contributed by atoms with Crippen LogP contribution >= 0.6 is 0 Å². The highest BCUT2D eigenvalue weighted by molar-refractivity contribution is 5.74. The van der Waals surface area contributed by atoms with Gasteiger partial charge in [-0.3, -0.25) is 4.79 Å². The Morgan fingerprint density at radius 2 is 0.779 bits per heavy atom. The van der Waals surface area contributed by atoms with E-state index in [0.29, 0.717) is 37.0 Å². The fourth-order valence-corrected chi connectivity index (χ4v) is 16.5. The molecular weight excluding hydrogens is 883 g/mol. The number of amides is 1. The number of hydrogen-bond acceptors (Lipinski definition) is 16. The smallest absolute Gasteiger partial charge is 0.217 e. The fourth-order valence-electron chi connectivity index (χ4n) is 16.5. The van der Waals surface area contributed by atoms with Crippen LogP contribution in [0.4, 0.5) is 0 Å². The van der Waals surface area contributed by atoms with Crippen LogP contribution in [0.5, 0.6) is 0 Å². The molecule has 0 aromatic carbocycles. The Balaban J connectivity index is 0.844. The highest BCUT2D eigenvalue weighted by atomic mass is 17.3. The van der Waals surface area contributed by atoms with Gasteiger partial charge in [0.1, 0.15) is 5.54 Å². The predicted molar refractivity (Wildman–Crippen MR) is 235 cm³/mol. The summed E-state index contributed by atoms with van der Waals surface area (Å²) in [6, 6.07) is 0. The molecule has 384 valence electrons. The number of fused-ring (bicyclic) bond motifs is 6. The van der Waals surface area contributed by atoms with E-state index in [1.54, 1.807) is 0 Å². The van der Waals surface area contributed by atoms with Gasteiger partial charge < -0.3 is 47.9 Å². The van der Waals surface area contributed by atoms with E-state index < -0.39 is 77.4 Å². The quantitative estimate of drug-likeness (QED) is 0.213. The number of carbonyl (C=O) groups is 1. The Bertz CT molecular complexity index is 1730. The Morgan fingerprint density at radius 1 is 0.471 bits per heavy atom. The lowest BCUT2D eigenvalue weighted by atomic mass is 9.58. The van der Waals surface area contributed by atoms with Gasteiger partial charge in [-0.1, -0.05) is 41.5 Å². The Morgan fingerprint density at radius 3 is 1.07 bits per heavy atom. The van der Waals surface area contributed by atoms with Crippen molar-refractivity contribution >= 4 is 5.91 Å². The van der Waals surface area contributed by atoms with Crippen LogP contribution in [0.3, 0.4) is 0 Å². The number of hydrogen-bond donors (Lipinski definition) is 1. The topological polar surface area (TPSA) is 168 Å². The van der Waals surface area contributed by atoms with Crippen LogP contribution in [0.2, 0.25) is 0 Å². The van der Waals surface area contributed by atoms with Crippen molar-refractivity contribution in [1.82, 2.24) is 5.32 Å². The van der Waals surface area contributed by atoms with Gasteiger partial charge >= 0.3 is 0 Å². The molecule has 15 aliphatic rings. The molecule has 12 aliphatic heterocycles. The van der Waals surface area contributed by atoms with Gasteiger partial charge in [-0.2, -0.15) is 0 Å². The SMILES string of the molecule is CC(=O)NC(COC1O[C@@H]2OC3(C)CC[C@H]4[C@H](C)CC[C@@H]([C@H]1C)[C@@]24OO3)(COC1O[C@@H]2OC3(C)CC[C@H]4[C@H](C)CC[C@@H]([C@H]1C)[C@@]24OO3)COC1O[C@@H]2OC3(C)CC[C@H]4[C@H](C)CC[C@@H]([C@H]1C)[C@@]24OO3. The molecule has 0 aromatic heterocycles. The van der Waals surface area contributed by atoms with Crippen molar-refractivity contribution in [1.29, 1.82) is 0 Å². The van der Waals surface area contributed by atoms with E-state index in [9.17, 15) is 4.79 Å². The van der Waals surface area contributed by atoms with E-state index in [1.165, 1.54) is 6.92 Å². The standard InChI is InChI=1S/C51H79NO16/c1-26-11-14-36-29(4)39(57-42-49(36)33(26)17-20-45(8,60-42)63-66-49)54-23-48(52-32(7)53,24-55-40-30(5)37-15-12-27(2)34-18-21-46(9)61-43(58-40)50(34,37)67-64-46)25-56-41-31(6)38-16-13-28(3)35-19-22-47(10)62-44(59-41)51(35,38)68-65-47/h26-31,33-44H,11-25H2,1-10H3,(H,52,53)/t26-,27-,28-,29-,30-,31-,33+,34+,35+,36+,37+,38+,39?,40?,41?,42-,43-,44-,45?,46?,47?,48?,49-,50-,51-/m1/s1. The molecule has 1 amide bonds. The Hall–Kier alpha value is -1.13. The van der Waals surface area contributed by atoms with Gasteiger partial charge in [0.15, 0.2) is 54.5 Å². The molecule has 24 atom stereocenters. The third kappa shape index (κ3) is 7.11. The van der Waals surface area contributed by atoms with Crippen LogP contribution in [0.15, 0.2) is 0 Å². The molecule has 3 aliphatic carbocycles. The summed E-state index contributed by atoms with van der Waals surface area (Å²) < 4.78 is 62.0. The maximum absolute atomic E-state index is 13.6. The summed E-state index contributed by atoms with van der Waals surface area (Å²) >= 11 is 0. The highest BCUT2D eigenvalue weighted by Gasteiger charge is 2.73. The molecule has 15 rings (SSSR count). The second kappa shape index (κ2) is 16.7. The second-order valence-electron chi connectivity index (χ2n) is 24.7. The lowest BCUT2D eigenvalue weighted by Crippen LogP contribution is -2.71. The molecule has 15 fully saturated rings. The van der Waals surface area contributed by atoms with Crippen LogP contribution in [0.25, 0.3) is 0 Å². The number of carbonyl (C=O) groups excluding carboxylic acids is 1. The van der Waals surface area contributed by atoms with E-state index in [0.717, 1.165) is 57.8 Å². The first-order valence-corrected chi connectivity index (χ1v) is 26.6. The molecule has 12 saturated heterocycles. The third-order valence-electron chi connectivity index (χ3n) is 20.3. The van der Waals surface area contributed by atoms with Crippen molar-refractivity contribution < 1.29 is 76.8 Å². The van der Waals surface area contributed by atoms with Gasteiger partial charge in [-0.05, 0) is 114 Å². The lowest BCUT2D eigenvalue weighted by molar-refractivity contribution is -0.578. The molecule has 12 heterocycles. The second-order valence-corrected chi connectivity index (χ2v) is 24.7. The molecule has 6 unspecified atom stereocenters. The normalized spacial score (nSPS) is 57.3. The minimum Gasteiger partial charge on any atom is -0.350 e. The van der Waals surface area contributed by atoms with Crippen molar-refractivity contribution in [2.24, 2.45) is 71.0 Å². The minimum atomic E-state index is -1.25. The highest BCUT2D eigenvalue weighted by Crippen LogP contribution is 2.64. The summed E-state index contributed by atoms with van der Waals surface area (Å²) in [7, 11) is 0. The van der Waals surface area contributed by atoms with Crippen molar-refractivity contribution in [3.05, 3.63) is 0 Å². The first kappa shape index (κ1) is 47.8. The van der Waals surface area contributed by atoms with Gasteiger partial charge in [0, 0.05) is 61.7 Å². The largest absolute Gasteiger partial charge is 0.350 e. The van der Waals surface area contributed by atoms with Gasteiger partial charge in [0.25, 0.3) is 0 Å². The van der Waals surface area contributed by atoms with Crippen molar-refractivity contribution in [2.75, 3.05) is 19.8 Å². The predicted octanol–water partition coefficient (Wildman–Crippen LogP) is 7.54. The van der Waals surface area contributed by atoms with E-state index >= 15 is 0 Å². The number of rotatable bonds is 10. The average Bonchev–Trinajstić information content (AvgIpc) is 3.78. The molecule has 3 spiro atoms. The minimum absolute atomic E-state index is 0.0193. The number of nitrogens with one attached hydrogen (secondary N) is 1. The molecule has 68 heavy (non-hydrogen) atoms. The van der Waals surface area contributed by atoms with Crippen LogP contribution in [-0.2, 0) is 76.8 Å². The molecule has 17 nitrogen and oxygen atoms in total. The molecule has 17 heteroatoms. The zero-order valence-electron chi connectivity index (χ0n) is 42.0. The molecular formula is C51H79NO16. The number of ether oxygens (including phenoxy) is 9. The van der Waals surface area contributed by atoms with E-state index in [1.807, 2.05) is 20.8 Å². The fraction of sp³-hybridized carbons (Fsp3) is 0.980. The Kier molecular flexibility index (Phi) is 11.7. The lowest BCUT2D eigenvalue weighted by Gasteiger charge is -2.60. The van der Waals surface area contributed by atoms with Crippen molar-refractivity contribution in [3.8, 4) is 0 Å². The maximum atomic E-state index is 13.6. The molecule has 0 radical (unpaired) electrons. The monoisotopic (exact) mass is 962 g/mol. The summed E-state index contributed by atoms with van der Waals surface area (Å²) in [5.74, 6) is -1.41. The maximum Gasteiger partial charge on any atom is 0.217 e. The van der Waals surface area contributed by atoms with Crippen LogP contribution in [0.1, 0.15) is 146 Å². The molecule has 3 saturated carbocycles. The van der Waals surface area contributed by atoms with Gasteiger partial charge in [0.2, 0.25) is 23.3 Å². The summed E-state index contributed by atoms with van der Waals surface area (Å²) in [6.07, 6.45) is 6.59.